The van der Waals surface area contributed by atoms with Crippen molar-refractivity contribution in [3.63, 3.8) is 0 Å². The summed E-state index contributed by atoms with van der Waals surface area (Å²) >= 11 is 0. The highest BCUT2D eigenvalue weighted by Crippen LogP contribution is 2.15. The molecule has 0 aromatic heterocycles. The van der Waals surface area contributed by atoms with Crippen molar-refractivity contribution >= 4 is 17.3 Å². The van der Waals surface area contributed by atoms with Crippen LogP contribution in [0, 0.1) is 0 Å². The third-order valence-electron chi connectivity index (χ3n) is 2.25. The predicted molar refractivity (Wildman–Crippen MR) is 66.9 cm³/mol. The Morgan fingerprint density at radius 1 is 1.12 bits per heavy atom. The Hall–Kier alpha value is -2.49. The van der Waals surface area contributed by atoms with Crippen molar-refractivity contribution in [2.24, 2.45) is 0 Å². The smallest absolute Gasteiger partial charge is 0.255 e. The van der Waals surface area contributed by atoms with Crippen molar-refractivity contribution in [1.29, 1.82) is 0 Å². The van der Waals surface area contributed by atoms with Gasteiger partial charge in [-0.3, -0.25) is 4.79 Å². The summed E-state index contributed by atoms with van der Waals surface area (Å²) in [5.74, 6) is -0.225. The number of phenolic OH excluding ortho intramolecular Hbond substituents is 1. The van der Waals surface area contributed by atoms with Gasteiger partial charge in [-0.25, -0.2) is 0 Å². The summed E-state index contributed by atoms with van der Waals surface area (Å²) in [6, 6.07) is 13.1. The van der Waals surface area contributed by atoms with Gasteiger partial charge in [0.1, 0.15) is 5.75 Å². The van der Waals surface area contributed by atoms with Crippen molar-refractivity contribution in [3.05, 3.63) is 54.1 Å². The van der Waals surface area contributed by atoms with Gasteiger partial charge in [0, 0.05) is 16.9 Å². The Morgan fingerprint density at radius 2 is 1.88 bits per heavy atom. The molecule has 0 saturated carbocycles. The van der Waals surface area contributed by atoms with Crippen LogP contribution in [0.3, 0.4) is 0 Å². The van der Waals surface area contributed by atoms with Crippen LogP contribution in [0.15, 0.2) is 48.5 Å². The predicted octanol–water partition coefficient (Wildman–Crippen LogP) is 2.23. The fourth-order valence-corrected chi connectivity index (χ4v) is 1.47. The van der Waals surface area contributed by atoms with Gasteiger partial charge in [-0.1, -0.05) is 12.1 Å². The molecule has 1 amide bonds. The van der Waals surface area contributed by atoms with E-state index in [0.29, 0.717) is 16.9 Å². The van der Waals surface area contributed by atoms with Gasteiger partial charge in [0.25, 0.3) is 5.91 Å². The molecule has 0 aliphatic heterocycles. The van der Waals surface area contributed by atoms with Crippen molar-refractivity contribution in [1.82, 2.24) is 0 Å². The number of rotatable bonds is 2. The number of nitrogens with two attached hydrogens (primary N) is 1. The normalized spacial score (nSPS) is 9.88. The molecule has 2 rings (SSSR count). The zero-order valence-electron chi connectivity index (χ0n) is 9.05. The summed E-state index contributed by atoms with van der Waals surface area (Å²) in [5.41, 5.74) is 7.21. The summed E-state index contributed by atoms with van der Waals surface area (Å²) in [5, 5.41) is 12.0. The molecule has 0 radical (unpaired) electrons. The number of anilines is 2. The van der Waals surface area contributed by atoms with Gasteiger partial charge in [-0.05, 0) is 36.4 Å². The first-order valence-corrected chi connectivity index (χ1v) is 5.11. The molecule has 4 N–H and O–H groups in total. The van der Waals surface area contributed by atoms with Crippen LogP contribution in [0.5, 0.6) is 5.75 Å². The lowest BCUT2D eigenvalue weighted by Crippen LogP contribution is -2.11. The number of nitrogen functional groups attached to an aromatic ring is 1. The summed E-state index contributed by atoms with van der Waals surface area (Å²) in [4.78, 5) is 11.8. The zero-order valence-corrected chi connectivity index (χ0v) is 9.05. The largest absolute Gasteiger partial charge is 0.508 e. The molecule has 2 aromatic carbocycles. The molecule has 0 aliphatic carbocycles. The third kappa shape index (κ3) is 2.75. The highest BCUT2D eigenvalue weighted by atomic mass is 16.3. The van der Waals surface area contributed by atoms with Gasteiger partial charge >= 0.3 is 0 Å². The molecular weight excluding hydrogens is 216 g/mol. The lowest BCUT2D eigenvalue weighted by Gasteiger charge is -2.06. The maximum Gasteiger partial charge on any atom is 0.255 e. The second-order valence-electron chi connectivity index (χ2n) is 3.63. The summed E-state index contributed by atoms with van der Waals surface area (Å²) < 4.78 is 0. The zero-order chi connectivity index (χ0) is 12.3. The van der Waals surface area contributed by atoms with Crippen LogP contribution in [0.1, 0.15) is 10.4 Å². The van der Waals surface area contributed by atoms with Gasteiger partial charge in [-0.15, -0.1) is 0 Å². The average molecular weight is 228 g/mol. The lowest BCUT2D eigenvalue weighted by molar-refractivity contribution is 0.102. The summed E-state index contributed by atoms with van der Waals surface area (Å²) in [7, 11) is 0. The van der Waals surface area contributed by atoms with Gasteiger partial charge in [0.2, 0.25) is 0 Å². The Kier molecular flexibility index (Phi) is 2.96. The maximum atomic E-state index is 11.8. The second kappa shape index (κ2) is 4.57. The topological polar surface area (TPSA) is 75.3 Å². The second-order valence-corrected chi connectivity index (χ2v) is 3.63. The maximum absolute atomic E-state index is 11.8. The molecule has 0 atom stereocenters. The molecule has 0 aliphatic rings. The number of carbonyl (C=O) groups is 1. The van der Waals surface area contributed by atoms with E-state index in [2.05, 4.69) is 5.32 Å². The van der Waals surface area contributed by atoms with E-state index >= 15 is 0 Å². The number of hydrogen-bond donors (Lipinski definition) is 3. The number of hydrogen-bond acceptors (Lipinski definition) is 3. The van der Waals surface area contributed by atoms with Crippen molar-refractivity contribution in [2.75, 3.05) is 11.1 Å². The van der Waals surface area contributed by atoms with Crippen LogP contribution in [0.4, 0.5) is 11.4 Å². The quantitative estimate of drug-likeness (QED) is 0.690. The molecule has 2 aromatic rings. The van der Waals surface area contributed by atoms with E-state index in [9.17, 15) is 9.90 Å². The average Bonchev–Trinajstić information content (AvgIpc) is 2.29. The number of aromatic hydroxyl groups is 1. The van der Waals surface area contributed by atoms with Gasteiger partial charge < -0.3 is 16.2 Å². The molecule has 0 saturated heterocycles. The standard InChI is InChI=1S/C13H12N2O2/c14-10-4-2-5-11(8-10)15-13(17)9-3-1-6-12(16)7-9/h1-8,16H,14H2,(H,15,17). The van der Waals surface area contributed by atoms with Gasteiger partial charge in [-0.2, -0.15) is 0 Å². The molecule has 0 spiro atoms. The molecule has 86 valence electrons. The van der Waals surface area contributed by atoms with Crippen LogP contribution in [-0.2, 0) is 0 Å². The number of amides is 1. The number of benzene rings is 2. The Bertz CT molecular complexity index is 553. The minimum Gasteiger partial charge on any atom is -0.508 e. The number of phenols is 1. The van der Waals surface area contributed by atoms with Crippen molar-refractivity contribution in [2.45, 2.75) is 0 Å². The molecule has 0 fully saturated rings. The number of carbonyl (C=O) groups excluding carboxylic acids is 1. The Morgan fingerprint density at radius 3 is 2.59 bits per heavy atom. The first-order chi connectivity index (χ1) is 8.15. The van der Waals surface area contributed by atoms with E-state index in [-0.39, 0.29) is 11.7 Å². The molecule has 0 unspecified atom stereocenters. The molecule has 17 heavy (non-hydrogen) atoms. The van der Waals surface area contributed by atoms with Crippen LogP contribution in [-0.4, -0.2) is 11.0 Å². The summed E-state index contributed by atoms with van der Waals surface area (Å²) in [6.45, 7) is 0. The Balaban J connectivity index is 2.17. The third-order valence-corrected chi connectivity index (χ3v) is 2.25. The van der Waals surface area contributed by atoms with Crippen molar-refractivity contribution in [3.8, 4) is 5.75 Å². The van der Waals surface area contributed by atoms with E-state index in [4.69, 9.17) is 5.73 Å². The fraction of sp³-hybridized carbons (Fsp3) is 0. The minimum absolute atomic E-state index is 0.0604. The van der Waals surface area contributed by atoms with Crippen LogP contribution < -0.4 is 11.1 Å². The SMILES string of the molecule is Nc1cccc(NC(=O)c2cccc(O)c2)c1. The van der Waals surface area contributed by atoms with E-state index in [1.54, 1.807) is 36.4 Å². The molecular formula is C13H12N2O2. The van der Waals surface area contributed by atoms with E-state index < -0.39 is 0 Å². The number of nitrogens with one attached hydrogen (secondary N) is 1. The Labute approximate surface area is 98.7 Å². The molecule has 4 nitrogen and oxygen atoms in total. The fourth-order valence-electron chi connectivity index (χ4n) is 1.47. The van der Waals surface area contributed by atoms with Gasteiger partial charge in [0.15, 0.2) is 0 Å². The van der Waals surface area contributed by atoms with Crippen LogP contribution >= 0.6 is 0 Å². The highest BCUT2D eigenvalue weighted by Gasteiger charge is 2.06. The first-order valence-electron chi connectivity index (χ1n) is 5.11. The van der Waals surface area contributed by atoms with Gasteiger partial charge in [0.05, 0.1) is 0 Å². The van der Waals surface area contributed by atoms with Crippen LogP contribution in [0.2, 0.25) is 0 Å². The van der Waals surface area contributed by atoms with Crippen molar-refractivity contribution < 1.29 is 9.90 Å². The monoisotopic (exact) mass is 228 g/mol. The summed E-state index contributed by atoms with van der Waals surface area (Å²) in [6.07, 6.45) is 0. The minimum atomic E-state index is -0.286. The van der Waals surface area contributed by atoms with E-state index in [0.717, 1.165) is 0 Å². The first kappa shape index (κ1) is 11.0. The van der Waals surface area contributed by atoms with E-state index in [1.807, 2.05) is 0 Å². The molecule has 0 heterocycles. The lowest BCUT2D eigenvalue weighted by atomic mass is 10.2. The van der Waals surface area contributed by atoms with Crippen LogP contribution in [0.25, 0.3) is 0 Å². The molecule has 4 heteroatoms. The highest BCUT2D eigenvalue weighted by molar-refractivity contribution is 6.04. The van der Waals surface area contributed by atoms with E-state index in [1.165, 1.54) is 12.1 Å². The molecule has 0 bridgehead atoms.